The second-order valence-electron chi connectivity index (χ2n) is 7.15. The maximum absolute atomic E-state index is 11.9. The highest BCUT2D eigenvalue weighted by molar-refractivity contribution is 5.78. The number of rotatable bonds is 6. The minimum Gasteiger partial charge on any atom is -0.352 e. The van der Waals surface area contributed by atoms with Crippen molar-refractivity contribution < 1.29 is 9.32 Å². The molecule has 7 nitrogen and oxygen atoms in total. The Labute approximate surface area is 153 Å². The summed E-state index contributed by atoms with van der Waals surface area (Å²) in [4.78, 5) is 21.0. The van der Waals surface area contributed by atoms with Gasteiger partial charge in [-0.3, -0.25) is 14.6 Å². The summed E-state index contributed by atoms with van der Waals surface area (Å²) in [7, 11) is 0. The topological polar surface area (TPSA) is 74.5 Å². The number of hydrogen-bond donors (Lipinski definition) is 1. The molecule has 1 saturated carbocycles. The van der Waals surface area contributed by atoms with Crippen LogP contribution in [0, 0.1) is 0 Å². The fraction of sp³-hybridized carbons (Fsp3) is 0.526. The highest BCUT2D eigenvalue weighted by atomic mass is 16.5. The Balaban J connectivity index is 1.30. The number of piperazine rings is 1. The van der Waals surface area contributed by atoms with Crippen molar-refractivity contribution in [2.24, 2.45) is 0 Å². The van der Waals surface area contributed by atoms with Crippen LogP contribution >= 0.6 is 0 Å². The summed E-state index contributed by atoms with van der Waals surface area (Å²) in [6, 6.07) is 10.4. The molecule has 0 spiro atoms. The van der Waals surface area contributed by atoms with Gasteiger partial charge in [0, 0.05) is 37.8 Å². The van der Waals surface area contributed by atoms with Crippen LogP contribution in [0.4, 0.5) is 0 Å². The lowest BCUT2D eigenvalue weighted by atomic mass is 10.2. The molecule has 2 aromatic rings. The standard InChI is InChI=1S/C19H25N5O2/c1-14(19-21-18(22-26-19)15-5-3-2-4-6-15)24-11-9-23(10-12-24)13-17(25)20-16-7-8-16/h2-6,14,16H,7-13H2,1H3,(H,20,25). The van der Waals surface area contributed by atoms with Gasteiger partial charge in [0.15, 0.2) is 0 Å². The first-order valence-electron chi connectivity index (χ1n) is 9.34. The van der Waals surface area contributed by atoms with Gasteiger partial charge in [-0.15, -0.1) is 0 Å². The molecule has 2 heterocycles. The summed E-state index contributed by atoms with van der Waals surface area (Å²) in [6.45, 7) is 6.13. The van der Waals surface area contributed by atoms with Gasteiger partial charge in [-0.05, 0) is 19.8 Å². The van der Waals surface area contributed by atoms with Crippen LogP contribution in [0.2, 0.25) is 0 Å². The van der Waals surface area contributed by atoms with Gasteiger partial charge in [-0.2, -0.15) is 4.98 Å². The quantitative estimate of drug-likeness (QED) is 0.850. The Bertz CT molecular complexity index is 735. The van der Waals surface area contributed by atoms with Gasteiger partial charge in [-0.1, -0.05) is 35.5 Å². The second kappa shape index (κ2) is 7.55. The molecule has 138 valence electrons. The molecule has 1 atom stereocenters. The molecular formula is C19H25N5O2. The normalized spacial score (nSPS) is 20.0. The first-order chi connectivity index (χ1) is 12.7. The van der Waals surface area contributed by atoms with Crippen LogP contribution in [0.1, 0.15) is 31.7 Å². The molecule has 1 unspecified atom stereocenters. The summed E-state index contributed by atoms with van der Waals surface area (Å²) < 4.78 is 5.50. The van der Waals surface area contributed by atoms with E-state index in [4.69, 9.17) is 4.52 Å². The molecule has 1 amide bonds. The molecule has 4 rings (SSSR count). The zero-order valence-electron chi connectivity index (χ0n) is 15.1. The number of aromatic nitrogens is 2. The minimum atomic E-state index is 0.0717. The Hall–Kier alpha value is -2.25. The lowest BCUT2D eigenvalue weighted by Crippen LogP contribution is -2.50. The van der Waals surface area contributed by atoms with E-state index in [0.29, 0.717) is 24.3 Å². The van der Waals surface area contributed by atoms with E-state index in [1.165, 1.54) is 0 Å². The van der Waals surface area contributed by atoms with E-state index >= 15 is 0 Å². The second-order valence-corrected chi connectivity index (χ2v) is 7.15. The predicted octanol–water partition coefficient (Wildman–Crippen LogP) is 1.69. The fourth-order valence-electron chi connectivity index (χ4n) is 3.28. The Kier molecular flexibility index (Phi) is 4.99. The number of benzene rings is 1. The predicted molar refractivity (Wildman–Crippen MR) is 97.3 cm³/mol. The van der Waals surface area contributed by atoms with E-state index in [1.54, 1.807) is 0 Å². The first kappa shape index (κ1) is 17.2. The Morgan fingerprint density at radius 1 is 1.23 bits per heavy atom. The van der Waals surface area contributed by atoms with Gasteiger partial charge in [0.1, 0.15) is 0 Å². The SMILES string of the molecule is CC(c1nc(-c2ccccc2)no1)N1CCN(CC(=O)NC2CC2)CC1. The van der Waals surface area contributed by atoms with Crippen molar-refractivity contribution >= 4 is 5.91 Å². The molecule has 26 heavy (non-hydrogen) atoms. The number of hydrogen-bond acceptors (Lipinski definition) is 6. The van der Waals surface area contributed by atoms with Crippen molar-refractivity contribution in [2.75, 3.05) is 32.7 Å². The van der Waals surface area contributed by atoms with Crippen molar-refractivity contribution in [3.63, 3.8) is 0 Å². The molecule has 1 saturated heterocycles. The molecule has 2 aliphatic rings. The highest BCUT2D eigenvalue weighted by Crippen LogP contribution is 2.23. The summed E-state index contributed by atoms with van der Waals surface area (Å²) in [5.41, 5.74) is 0.959. The summed E-state index contributed by atoms with van der Waals surface area (Å²) in [6.07, 6.45) is 2.26. The first-order valence-corrected chi connectivity index (χ1v) is 9.34. The van der Waals surface area contributed by atoms with E-state index in [9.17, 15) is 4.79 Å². The van der Waals surface area contributed by atoms with Crippen molar-refractivity contribution in [3.05, 3.63) is 36.2 Å². The highest BCUT2D eigenvalue weighted by Gasteiger charge is 2.28. The van der Waals surface area contributed by atoms with Crippen LogP contribution in [0.3, 0.4) is 0 Å². The average Bonchev–Trinajstić information content (AvgIpc) is 3.34. The molecule has 1 aliphatic carbocycles. The van der Waals surface area contributed by atoms with Crippen LogP contribution in [-0.2, 0) is 4.79 Å². The maximum Gasteiger partial charge on any atom is 0.244 e. The van der Waals surface area contributed by atoms with Crippen LogP contribution < -0.4 is 5.32 Å². The van der Waals surface area contributed by atoms with Gasteiger partial charge in [0.05, 0.1) is 12.6 Å². The molecule has 1 N–H and O–H groups in total. The van der Waals surface area contributed by atoms with Gasteiger partial charge in [0.2, 0.25) is 17.6 Å². The van der Waals surface area contributed by atoms with E-state index in [2.05, 4.69) is 32.2 Å². The van der Waals surface area contributed by atoms with Gasteiger partial charge in [-0.25, -0.2) is 0 Å². The zero-order chi connectivity index (χ0) is 17.9. The fourth-order valence-corrected chi connectivity index (χ4v) is 3.28. The lowest BCUT2D eigenvalue weighted by molar-refractivity contribution is -0.122. The number of nitrogens with one attached hydrogen (secondary N) is 1. The van der Waals surface area contributed by atoms with Crippen LogP contribution in [-0.4, -0.2) is 64.6 Å². The number of carbonyl (C=O) groups excluding carboxylic acids is 1. The molecular weight excluding hydrogens is 330 g/mol. The molecule has 2 fully saturated rings. The maximum atomic E-state index is 11.9. The summed E-state index contributed by atoms with van der Waals surface area (Å²) >= 11 is 0. The summed E-state index contributed by atoms with van der Waals surface area (Å²) in [5.74, 6) is 1.42. The third-order valence-electron chi connectivity index (χ3n) is 5.10. The van der Waals surface area contributed by atoms with Crippen LogP contribution in [0.25, 0.3) is 11.4 Å². The van der Waals surface area contributed by atoms with Crippen LogP contribution in [0.15, 0.2) is 34.9 Å². The van der Waals surface area contributed by atoms with E-state index in [1.807, 2.05) is 30.3 Å². The molecule has 1 aliphatic heterocycles. The monoisotopic (exact) mass is 355 g/mol. The Morgan fingerprint density at radius 3 is 2.65 bits per heavy atom. The van der Waals surface area contributed by atoms with E-state index in [-0.39, 0.29) is 11.9 Å². The lowest BCUT2D eigenvalue weighted by Gasteiger charge is -2.36. The molecule has 1 aromatic heterocycles. The molecule has 1 aromatic carbocycles. The van der Waals surface area contributed by atoms with E-state index < -0.39 is 0 Å². The number of amides is 1. The molecule has 0 radical (unpaired) electrons. The van der Waals surface area contributed by atoms with Crippen molar-refractivity contribution in [1.82, 2.24) is 25.3 Å². The number of carbonyl (C=O) groups is 1. The van der Waals surface area contributed by atoms with Gasteiger partial charge in [0.25, 0.3) is 0 Å². The zero-order valence-corrected chi connectivity index (χ0v) is 15.1. The van der Waals surface area contributed by atoms with Crippen molar-refractivity contribution in [3.8, 4) is 11.4 Å². The van der Waals surface area contributed by atoms with Gasteiger partial charge >= 0.3 is 0 Å². The smallest absolute Gasteiger partial charge is 0.244 e. The Morgan fingerprint density at radius 2 is 1.96 bits per heavy atom. The minimum absolute atomic E-state index is 0.0717. The third kappa shape index (κ3) is 4.11. The largest absolute Gasteiger partial charge is 0.352 e. The number of nitrogens with zero attached hydrogens (tertiary/aromatic N) is 4. The van der Waals surface area contributed by atoms with Crippen molar-refractivity contribution in [1.29, 1.82) is 0 Å². The van der Waals surface area contributed by atoms with Crippen LogP contribution in [0.5, 0.6) is 0 Å². The van der Waals surface area contributed by atoms with Gasteiger partial charge < -0.3 is 9.84 Å². The van der Waals surface area contributed by atoms with Crippen molar-refractivity contribution in [2.45, 2.75) is 31.8 Å². The average molecular weight is 355 g/mol. The molecule has 7 heteroatoms. The third-order valence-corrected chi connectivity index (χ3v) is 5.10. The molecule has 0 bridgehead atoms. The van der Waals surface area contributed by atoms with E-state index in [0.717, 1.165) is 44.6 Å². The summed E-state index contributed by atoms with van der Waals surface area (Å²) in [5, 5.41) is 7.17.